The highest BCUT2D eigenvalue weighted by Crippen LogP contribution is 2.34. The molecule has 118 valence electrons. The van der Waals surface area contributed by atoms with Crippen molar-refractivity contribution in [3.8, 4) is 0 Å². The average Bonchev–Trinajstić information content (AvgIpc) is 2.45. The van der Waals surface area contributed by atoms with Crippen LogP contribution in [0.5, 0.6) is 0 Å². The molecule has 0 aromatic carbocycles. The van der Waals surface area contributed by atoms with Gasteiger partial charge in [-0.25, -0.2) is 4.98 Å². The zero-order valence-corrected chi connectivity index (χ0v) is 14.6. The number of pyridine rings is 1. The molecule has 2 rings (SSSR count). The summed E-state index contributed by atoms with van der Waals surface area (Å²) in [6.45, 7) is 7.59. The van der Waals surface area contributed by atoms with Gasteiger partial charge in [-0.05, 0) is 30.7 Å². The molecule has 3 nitrogen and oxygen atoms in total. The number of hydrogen-bond acceptors (Lipinski definition) is 3. The van der Waals surface area contributed by atoms with Crippen LogP contribution in [-0.2, 0) is 0 Å². The molecule has 3 unspecified atom stereocenters. The zero-order valence-electron chi connectivity index (χ0n) is 13.0. The summed E-state index contributed by atoms with van der Waals surface area (Å²) in [5.74, 6) is 2.81. The molecule has 0 aliphatic heterocycles. The quantitative estimate of drug-likeness (QED) is 0.754. The van der Waals surface area contributed by atoms with Gasteiger partial charge in [0.1, 0.15) is 11.6 Å². The van der Waals surface area contributed by atoms with Crippen molar-refractivity contribution in [3.63, 3.8) is 0 Å². The van der Waals surface area contributed by atoms with E-state index < -0.39 is 0 Å². The van der Waals surface area contributed by atoms with Crippen molar-refractivity contribution in [2.45, 2.75) is 52.5 Å². The molecule has 1 fully saturated rings. The fourth-order valence-corrected chi connectivity index (χ4v) is 3.38. The van der Waals surface area contributed by atoms with E-state index in [-0.39, 0.29) is 0 Å². The first-order valence-electron chi connectivity index (χ1n) is 7.89. The van der Waals surface area contributed by atoms with Gasteiger partial charge in [0.15, 0.2) is 0 Å². The molecule has 0 saturated heterocycles. The lowest BCUT2D eigenvalue weighted by Gasteiger charge is -2.35. The molecule has 3 atom stereocenters. The number of nitrogens with zero attached hydrogens (tertiary/aromatic N) is 1. The lowest BCUT2D eigenvalue weighted by molar-refractivity contribution is 0.253. The lowest BCUT2D eigenvalue weighted by Crippen LogP contribution is -2.35. The molecule has 1 aliphatic carbocycles. The van der Waals surface area contributed by atoms with E-state index >= 15 is 0 Å². The van der Waals surface area contributed by atoms with Crippen LogP contribution < -0.4 is 10.6 Å². The van der Waals surface area contributed by atoms with Crippen molar-refractivity contribution in [1.82, 2.24) is 4.98 Å². The number of halogens is 2. The molecule has 0 amide bonds. The van der Waals surface area contributed by atoms with Crippen LogP contribution in [0.25, 0.3) is 0 Å². The van der Waals surface area contributed by atoms with Crippen LogP contribution in [0.15, 0.2) is 6.07 Å². The highest BCUT2D eigenvalue weighted by molar-refractivity contribution is 6.37. The van der Waals surface area contributed by atoms with Crippen LogP contribution in [0.3, 0.4) is 0 Å². The van der Waals surface area contributed by atoms with Crippen LogP contribution in [-0.4, -0.2) is 17.6 Å². The number of rotatable bonds is 5. The SMILES string of the molecule is CCCNc1nc(NC2CCCC(C)C2C)c(Cl)cc1Cl. The van der Waals surface area contributed by atoms with Gasteiger partial charge in [-0.15, -0.1) is 0 Å². The maximum atomic E-state index is 6.30. The van der Waals surface area contributed by atoms with E-state index in [0.717, 1.165) is 24.7 Å². The van der Waals surface area contributed by atoms with E-state index in [1.807, 2.05) is 0 Å². The van der Waals surface area contributed by atoms with Gasteiger partial charge in [-0.1, -0.05) is 56.8 Å². The molecule has 1 aromatic heterocycles. The summed E-state index contributed by atoms with van der Waals surface area (Å²) in [5.41, 5.74) is 0. The predicted molar refractivity (Wildman–Crippen MR) is 92.6 cm³/mol. The molecule has 21 heavy (non-hydrogen) atoms. The largest absolute Gasteiger partial charge is 0.369 e. The van der Waals surface area contributed by atoms with Crippen molar-refractivity contribution in [3.05, 3.63) is 16.1 Å². The Morgan fingerprint density at radius 3 is 2.62 bits per heavy atom. The predicted octanol–water partition coefficient (Wildman–Crippen LogP) is 5.45. The second-order valence-corrected chi connectivity index (χ2v) is 6.91. The Morgan fingerprint density at radius 1 is 1.19 bits per heavy atom. The first-order valence-corrected chi connectivity index (χ1v) is 8.65. The molecule has 1 saturated carbocycles. The fourth-order valence-electron chi connectivity index (χ4n) is 2.90. The summed E-state index contributed by atoms with van der Waals surface area (Å²) in [7, 11) is 0. The monoisotopic (exact) mass is 329 g/mol. The summed E-state index contributed by atoms with van der Waals surface area (Å²) in [5, 5.41) is 7.94. The van der Waals surface area contributed by atoms with Gasteiger partial charge >= 0.3 is 0 Å². The molecule has 1 aromatic rings. The second-order valence-electron chi connectivity index (χ2n) is 6.09. The summed E-state index contributed by atoms with van der Waals surface area (Å²) >= 11 is 12.5. The molecule has 1 heterocycles. The van der Waals surface area contributed by atoms with Gasteiger partial charge < -0.3 is 10.6 Å². The van der Waals surface area contributed by atoms with Crippen molar-refractivity contribution in [2.24, 2.45) is 11.8 Å². The van der Waals surface area contributed by atoms with Crippen molar-refractivity contribution < 1.29 is 0 Å². The van der Waals surface area contributed by atoms with Crippen LogP contribution in [0.2, 0.25) is 10.0 Å². The van der Waals surface area contributed by atoms with Gasteiger partial charge in [0.25, 0.3) is 0 Å². The van der Waals surface area contributed by atoms with Crippen LogP contribution in [0.4, 0.5) is 11.6 Å². The van der Waals surface area contributed by atoms with E-state index in [0.29, 0.717) is 27.8 Å². The van der Waals surface area contributed by atoms with Gasteiger partial charge in [0, 0.05) is 12.6 Å². The fraction of sp³-hybridized carbons (Fsp3) is 0.688. The molecule has 1 aliphatic rings. The Bertz CT molecular complexity index is 479. The minimum absolute atomic E-state index is 0.430. The molecule has 0 radical (unpaired) electrons. The van der Waals surface area contributed by atoms with Gasteiger partial charge in [0.05, 0.1) is 10.0 Å². The zero-order chi connectivity index (χ0) is 15.4. The highest BCUT2D eigenvalue weighted by atomic mass is 35.5. The average molecular weight is 330 g/mol. The van der Waals surface area contributed by atoms with Crippen molar-refractivity contribution >= 4 is 34.8 Å². The van der Waals surface area contributed by atoms with E-state index in [4.69, 9.17) is 23.2 Å². The molecular formula is C16H25Cl2N3. The maximum Gasteiger partial charge on any atom is 0.147 e. The topological polar surface area (TPSA) is 37.0 Å². The summed E-state index contributed by atoms with van der Waals surface area (Å²) in [4.78, 5) is 4.58. The van der Waals surface area contributed by atoms with E-state index in [9.17, 15) is 0 Å². The molecule has 5 heteroatoms. The lowest BCUT2D eigenvalue weighted by atomic mass is 9.78. The molecule has 2 N–H and O–H groups in total. The van der Waals surface area contributed by atoms with Crippen LogP contribution in [0, 0.1) is 11.8 Å². The first-order chi connectivity index (χ1) is 10.0. The van der Waals surface area contributed by atoms with E-state index in [1.54, 1.807) is 6.07 Å². The maximum absolute atomic E-state index is 6.30. The van der Waals surface area contributed by atoms with Crippen LogP contribution in [0.1, 0.15) is 46.5 Å². The Morgan fingerprint density at radius 2 is 1.90 bits per heavy atom. The van der Waals surface area contributed by atoms with Gasteiger partial charge in [-0.3, -0.25) is 0 Å². The van der Waals surface area contributed by atoms with Crippen LogP contribution >= 0.6 is 23.2 Å². The Balaban J connectivity index is 2.15. The third kappa shape index (κ3) is 4.17. The third-order valence-electron chi connectivity index (χ3n) is 4.50. The third-order valence-corrected chi connectivity index (χ3v) is 5.08. The van der Waals surface area contributed by atoms with E-state index in [2.05, 4.69) is 36.4 Å². The molecule has 0 spiro atoms. The standard InChI is InChI=1S/C16H25Cl2N3/c1-4-8-19-15-12(17)9-13(18)16(21-15)20-14-7-5-6-10(2)11(14)3/h9-11,14H,4-8H2,1-3H3,(H2,19,20,21). The minimum Gasteiger partial charge on any atom is -0.369 e. The minimum atomic E-state index is 0.430. The summed E-state index contributed by atoms with van der Waals surface area (Å²) in [6.07, 6.45) is 4.77. The summed E-state index contributed by atoms with van der Waals surface area (Å²) < 4.78 is 0. The second kappa shape index (κ2) is 7.55. The summed E-state index contributed by atoms with van der Waals surface area (Å²) in [6, 6.07) is 2.20. The number of anilines is 2. The number of hydrogen-bond donors (Lipinski definition) is 2. The molecular weight excluding hydrogens is 305 g/mol. The Labute approximate surface area is 137 Å². The van der Waals surface area contributed by atoms with Gasteiger partial charge in [0.2, 0.25) is 0 Å². The first kappa shape index (κ1) is 16.7. The highest BCUT2D eigenvalue weighted by Gasteiger charge is 2.27. The Hall–Kier alpha value is -0.670. The number of aromatic nitrogens is 1. The van der Waals surface area contributed by atoms with Crippen molar-refractivity contribution in [2.75, 3.05) is 17.2 Å². The van der Waals surface area contributed by atoms with Crippen molar-refractivity contribution in [1.29, 1.82) is 0 Å². The smallest absolute Gasteiger partial charge is 0.147 e. The van der Waals surface area contributed by atoms with Gasteiger partial charge in [-0.2, -0.15) is 0 Å². The van der Waals surface area contributed by atoms with E-state index in [1.165, 1.54) is 19.3 Å². The normalized spacial score (nSPS) is 25.7. The number of nitrogens with one attached hydrogen (secondary N) is 2. The molecule has 0 bridgehead atoms. The Kier molecular flexibility index (Phi) is 6.00.